The quantitative estimate of drug-likeness (QED) is 0.656. The summed E-state index contributed by atoms with van der Waals surface area (Å²) in [5.74, 6) is -0.539. The Labute approximate surface area is 156 Å². The van der Waals surface area contributed by atoms with E-state index < -0.39 is 22.4 Å². The van der Waals surface area contributed by atoms with E-state index in [-0.39, 0.29) is 10.9 Å². The topological polar surface area (TPSA) is 114 Å². The Kier molecular flexibility index (Phi) is 3.88. The van der Waals surface area contributed by atoms with Crippen LogP contribution in [0.25, 0.3) is 16.6 Å². The van der Waals surface area contributed by atoms with Crippen molar-refractivity contribution < 1.29 is 19.4 Å². The number of hydrogen-bond donors (Lipinski definition) is 1. The number of carboxylic acid groups (broad SMARTS) is 1. The third-order valence-electron chi connectivity index (χ3n) is 3.95. The van der Waals surface area contributed by atoms with Crippen LogP contribution in [-0.2, 0) is 0 Å². The van der Waals surface area contributed by atoms with Gasteiger partial charge in [-0.1, -0.05) is 6.07 Å². The van der Waals surface area contributed by atoms with E-state index in [0.717, 1.165) is 0 Å². The zero-order valence-electron chi connectivity index (χ0n) is 13.5. The first-order chi connectivity index (χ1) is 12.8. The van der Waals surface area contributed by atoms with Crippen molar-refractivity contribution in [1.29, 1.82) is 5.26 Å². The number of ether oxygens (including phenoxy) is 2. The van der Waals surface area contributed by atoms with Crippen molar-refractivity contribution in [3.8, 4) is 23.3 Å². The average Bonchev–Trinajstić information content (AvgIpc) is 2.94. The van der Waals surface area contributed by atoms with Crippen LogP contribution in [0.15, 0.2) is 41.2 Å². The molecule has 10 heteroatoms. The lowest BCUT2D eigenvalue weighted by Gasteiger charge is -2.15. The Balaban J connectivity index is 2.04. The molecule has 3 aromatic rings. The summed E-state index contributed by atoms with van der Waals surface area (Å²) in [5.41, 5.74) is -0.640. The van der Waals surface area contributed by atoms with Crippen molar-refractivity contribution in [2.24, 2.45) is 0 Å². The van der Waals surface area contributed by atoms with Gasteiger partial charge in [0.15, 0.2) is 11.5 Å². The number of rotatable bonds is 2. The fourth-order valence-corrected chi connectivity index (χ4v) is 3.37. The summed E-state index contributed by atoms with van der Waals surface area (Å²) in [7, 11) is 4.80. The van der Waals surface area contributed by atoms with Gasteiger partial charge in [-0.25, -0.2) is 9.48 Å². The van der Waals surface area contributed by atoms with Crippen LogP contribution in [0.5, 0.6) is 11.5 Å². The second kappa shape index (κ2) is 6.02. The smallest absolute Gasteiger partial charge is 0.360 e. The van der Waals surface area contributed by atoms with E-state index >= 15 is 0 Å². The molecule has 1 aliphatic rings. The van der Waals surface area contributed by atoms with Gasteiger partial charge in [0.1, 0.15) is 0 Å². The van der Waals surface area contributed by atoms with Crippen LogP contribution in [0.1, 0.15) is 16.1 Å². The second-order valence-corrected chi connectivity index (χ2v) is 8.04. The predicted molar refractivity (Wildman–Crippen MR) is 102 cm³/mol. The van der Waals surface area contributed by atoms with Gasteiger partial charge in [0.2, 0.25) is 11.1 Å². The second-order valence-electron chi connectivity index (χ2n) is 5.76. The van der Waals surface area contributed by atoms with E-state index in [1.54, 1.807) is 30.3 Å². The van der Waals surface area contributed by atoms with E-state index in [1.165, 1.54) is 10.7 Å². The van der Waals surface area contributed by atoms with Crippen LogP contribution in [-0.4, -0.2) is 26.1 Å². The van der Waals surface area contributed by atoms with Crippen molar-refractivity contribution in [2.75, 3.05) is 0 Å². The molecule has 1 N–H and O–H groups in total. The van der Waals surface area contributed by atoms with Crippen molar-refractivity contribution in [3.05, 3.63) is 57.9 Å². The Bertz CT molecular complexity index is 1230. The van der Waals surface area contributed by atoms with E-state index in [1.807, 2.05) is 6.07 Å². The lowest BCUT2D eigenvalue weighted by atomic mass is 10.1. The highest BCUT2D eigenvalue weighted by Gasteiger charge is 2.32. The van der Waals surface area contributed by atoms with Crippen LogP contribution < -0.4 is 14.9 Å². The molecule has 8 nitrogen and oxygen atoms in total. The number of hydrogen-bond acceptors (Lipinski definition) is 6. The van der Waals surface area contributed by atoms with Crippen molar-refractivity contribution in [2.45, 2.75) is 5.27 Å². The highest BCUT2D eigenvalue weighted by atomic mass is 31.1. The third-order valence-corrected chi connectivity index (χ3v) is 4.42. The number of aromatic nitrogens is 2. The first kappa shape index (κ1) is 17.4. The number of benzene rings is 2. The highest BCUT2D eigenvalue weighted by Crippen LogP contribution is 2.46. The van der Waals surface area contributed by atoms with E-state index in [0.29, 0.717) is 22.7 Å². The summed E-state index contributed by atoms with van der Waals surface area (Å²) >= 11 is 0. The van der Waals surface area contributed by atoms with Crippen LogP contribution in [0.2, 0.25) is 0 Å². The van der Waals surface area contributed by atoms with Gasteiger partial charge in [0.25, 0.3) is 5.27 Å². The molecule has 2 heterocycles. The SMILES string of the molecule is N#Cc1cccc2c1c(=O)c(C(=O)O)nn2-c1ccc2c(c1)OC(P)(P)O2. The molecule has 0 spiro atoms. The number of aromatic carboxylic acids is 1. The molecule has 1 aliphatic heterocycles. The molecule has 0 radical (unpaired) electrons. The Morgan fingerprint density at radius 3 is 2.67 bits per heavy atom. The van der Waals surface area contributed by atoms with Crippen LogP contribution in [0.3, 0.4) is 0 Å². The van der Waals surface area contributed by atoms with Crippen LogP contribution in [0, 0.1) is 11.3 Å². The highest BCUT2D eigenvalue weighted by molar-refractivity contribution is 7.39. The maximum Gasteiger partial charge on any atom is 0.360 e. The number of nitriles is 1. The van der Waals surface area contributed by atoms with E-state index in [9.17, 15) is 20.0 Å². The zero-order valence-corrected chi connectivity index (χ0v) is 15.9. The molecule has 0 fully saturated rings. The number of carbonyl (C=O) groups is 1. The minimum absolute atomic E-state index is 0.00323. The molecule has 0 bridgehead atoms. The Hall–Kier alpha value is -3.00. The maximum atomic E-state index is 12.5. The first-order valence-corrected chi connectivity index (χ1v) is 8.76. The Morgan fingerprint density at radius 2 is 1.96 bits per heavy atom. The van der Waals surface area contributed by atoms with Crippen molar-refractivity contribution in [1.82, 2.24) is 9.78 Å². The third kappa shape index (κ3) is 2.82. The normalized spacial score (nSPS) is 14.1. The van der Waals surface area contributed by atoms with Gasteiger partial charge < -0.3 is 14.6 Å². The monoisotopic (exact) mass is 399 g/mol. The summed E-state index contributed by atoms with van der Waals surface area (Å²) in [6.45, 7) is 0. The molecule has 0 amide bonds. The molecule has 4 rings (SSSR count). The molecule has 0 saturated carbocycles. The maximum absolute atomic E-state index is 12.5. The van der Waals surface area contributed by atoms with Crippen molar-refractivity contribution >= 4 is 35.4 Å². The molecular formula is C17H11N3O5P2. The molecule has 0 aliphatic carbocycles. The molecular weight excluding hydrogens is 388 g/mol. The summed E-state index contributed by atoms with van der Waals surface area (Å²) in [6.07, 6.45) is 0. The lowest BCUT2D eigenvalue weighted by molar-refractivity contribution is 0.0687. The van der Waals surface area contributed by atoms with Crippen LogP contribution in [0.4, 0.5) is 0 Å². The van der Waals surface area contributed by atoms with Gasteiger partial charge in [-0.15, -0.1) is 0 Å². The standard InChI is InChI=1S/C17H11N3O5P2/c18-7-8-2-1-3-10-13(8)15(21)14(16(22)23)19-20(10)9-4-5-11-12(6-9)25-17(26,27)24-11/h1-6H,26-27H2,(H,22,23). The summed E-state index contributed by atoms with van der Waals surface area (Å²) in [4.78, 5) is 24.1. The average molecular weight is 399 g/mol. The fourth-order valence-electron chi connectivity index (χ4n) is 2.86. The Morgan fingerprint density at radius 1 is 1.22 bits per heavy atom. The largest absolute Gasteiger partial charge is 0.476 e. The van der Waals surface area contributed by atoms with Gasteiger partial charge in [0.05, 0.1) is 28.2 Å². The fraction of sp³-hybridized carbons (Fsp3) is 0.0588. The molecule has 2 atom stereocenters. The molecule has 2 unspecified atom stereocenters. The lowest BCUT2D eigenvalue weighted by Crippen LogP contribution is -2.23. The van der Waals surface area contributed by atoms with Gasteiger partial charge in [-0.05, 0) is 42.7 Å². The van der Waals surface area contributed by atoms with Gasteiger partial charge in [-0.3, -0.25) is 4.79 Å². The van der Waals surface area contributed by atoms with E-state index in [2.05, 4.69) is 23.6 Å². The number of carboxylic acids is 1. The molecule has 0 saturated heterocycles. The minimum Gasteiger partial charge on any atom is -0.476 e. The summed E-state index contributed by atoms with van der Waals surface area (Å²) in [6, 6.07) is 11.5. The summed E-state index contributed by atoms with van der Waals surface area (Å²) in [5, 5.41) is 21.7. The van der Waals surface area contributed by atoms with Crippen molar-refractivity contribution in [3.63, 3.8) is 0 Å². The van der Waals surface area contributed by atoms with E-state index in [4.69, 9.17) is 9.47 Å². The van der Waals surface area contributed by atoms with Gasteiger partial charge in [-0.2, -0.15) is 10.4 Å². The van der Waals surface area contributed by atoms with Crippen LogP contribution >= 0.6 is 18.5 Å². The van der Waals surface area contributed by atoms with Gasteiger partial charge >= 0.3 is 5.97 Å². The molecule has 2 aromatic carbocycles. The zero-order chi connectivity index (χ0) is 19.3. The number of nitrogens with zero attached hydrogens (tertiary/aromatic N) is 3. The minimum atomic E-state index is -1.47. The first-order valence-electron chi connectivity index (χ1n) is 7.60. The summed E-state index contributed by atoms with van der Waals surface area (Å²) < 4.78 is 12.5. The van der Waals surface area contributed by atoms with Gasteiger partial charge in [0, 0.05) is 6.07 Å². The molecule has 27 heavy (non-hydrogen) atoms. The molecule has 1 aromatic heterocycles. The number of fused-ring (bicyclic) bond motifs is 2. The molecule has 134 valence electrons. The predicted octanol–water partition coefficient (Wildman–Crippen LogP) is 2.09.